The molecule has 1 rings (SSSR count). The highest BCUT2D eigenvalue weighted by atomic mass is 16.7. The quantitative estimate of drug-likeness (QED) is 0.270. The fraction of sp³-hybridized carbons (Fsp3) is 0.476. The molecule has 2 atom stereocenters. The van der Waals surface area contributed by atoms with Gasteiger partial charge in [0.1, 0.15) is 5.75 Å². The Bertz CT molecular complexity index is 622. The molecule has 0 aromatic heterocycles. The second-order valence-electron chi connectivity index (χ2n) is 5.91. The molecule has 7 nitrogen and oxygen atoms in total. The monoisotopic (exact) mass is 394 g/mol. The summed E-state index contributed by atoms with van der Waals surface area (Å²) in [6.07, 6.45) is 2.67. The Kier molecular flexibility index (Phi) is 12.8. The highest BCUT2D eigenvalue weighted by molar-refractivity contribution is 5.89. The summed E-state index contributed by atoms with van der Waals surface area (Å²) in [4.78, 5) is 32.7. The third kappa shape index (κ3) is 11.7. The Morgan fingerprint density at radius 3 is 1.96 bits per heavy atom. The molecule has 156 valence electrons. The Balaban J connectivity index is 0.000000769. The van der Waals surface area contributed by atoms with Gasteiger partial charge < -0.3 is 18.9 Å². The normalized spacial score (nSPS) is 11.8. The van der Waals surface area contributed by atoms with E-state index in [0.29, 0.717) is 11.3 Å². The molecule has 28 heavy (non-hydrogen) atoms. The van der Waals surface area contributed by atoms with Gasteiger partial charge in [0, 0.05) is 13.0 Å². The summed E-state index contributed by atoms with van der Waals surface area (Å²) in [5.41, 5.74) is 0.445. The van der Waals surface area contributed by atoms with Crippen LogP contribution >= 0.6 is 0 Å². The molecule has 0 aliphatic carbocycles. The maximum atomic E-state index is 11.7. The average molecular weight is 394 g/mol. The first kappa shape index (κ1) is 25.2. The largest absolute Gasteiger partial charge is 0.463 e. The number of benzene rings is 1. The van der Waals surface area contributed by atoms with E-state index in [9.17, 15) is 14.4 Å². The minimum absolute atomic E-state index is 0.0764. The van der Waals surface area contributed by atoms with Gasteiger partial charge in [-0.25, -0.2) is 9.59 Å². The second kappa shape index (κ2) is 14.3. The predicted octanol–water partition coefficient (Wildman–Crippen LogP) is 4.06. The Labute approximate surface area is 166 Å². The standard InChI is InChI=1S/C15H18O5.C6H12O2/c1-4-11(3)20-15(17)12-6-8-13(9-7-12)18-10-19-14(16)5-2;1-4-5(2)8-6(3)7/h5-9,11H,2,4,10H2,1,3H3;5H,4H2,1-3H3. The van der Waals surface area contributed by atoms with Crippen molar-refractivity contribution in [3.63, 3.8) is 0 Å². The second-order valence-corrected chi connectivity index (χ2v) is 5.91. The zero-order chi connectivity index (χ0) is 21.5. The van der Waals surface area contributed by atoms with E-state index in [1.54, 1.807) is 24.3 Å². The van der Waals surface area contributed by atoms with Gasteiger partial charge in [0.25, 0.3) is 0 Å². The van der Waals surface area contributed by atoms with E-state index in [-0.39, 0.29) is 30.9 Å². The van der Waals surface area contributed by atoms with Crippen molar-refractivity contribution in [2.75, 3.05) is 6.79 Å². The van der Waals surface area contributed by atoms with E-state index < -0.39 is 5.97 Å². The number of rotatable bonds is 9. The predicted molar refractivity (Wildman–Crippen MR) is 105 cm³/mol. The molecule has 0 amide bonds. The highest BCUT2D eigenvalue weighted by Crippen LogP contribution is 2.14. The van der Waals surface area contributed by atoms with Gasteiger partial charge in [0.05, 0.1) is 17.8 Å². The van der Waals surface area contributed by atoms with E-state index >= 15 is 0 Å². The lowest BCUT2D eigenvalue weighted by Crippen LogP contribution is -2.14. The first-order valence-electron chi connectivity index (χ1n) is 9.13. The summed E-state index contributed by atoms with van der Waals surface area (Å²) in [5.74, 6) is -0.635. The Hall–Kier alpha value is -2.83. The van der Waals surface area contributed by atoms with E-state index in [0.717, 1.165) is 18.9 Å². The van der Waals surface area contributed by atoms with Crippen molar-refractivity contribution in [2.24, 2.45) is 0 Å². The topological polar surface area (TPSA) is 88.1 Å². The molecule has 0 radical (unpaired) electrons. The number of carbonyl (C=O) groups excluding carboxylic acids is 3. The van der Waals surface area contributed by atoms with Crippen molar-refractivity contribution in [1.29, 1.82) is 0 Å². The van der Waals surface area contributed by atoms with E-state index in [1.165, 1.54) is 6.92 Å². The fourth-order valence-electron chi connectivity index (χ4n) is 1.60. The summed E-state index contributed by atoms with van der Waals surface area (Å²) < 4.78 is 19.8. The van der Waals surface area contributed by atoms with Gasteiger partial charge in [-0.05, 0) is 51.0 Å². The number of hydrogen-bond acceptors (Lipinski definition) is 7. The van der Waals surface area contributed by atoms with Gasteiger partial charge in [-0.2, -0.15) is 0 Å². The van der Waals surface area contributed by atoms with E-state index in [1.807, 2.05) is 27.7 Å². The number of ether oxygens (including phenoxy) is 4. The van der Waals surface area contributed by atoms with E-state index in [2.05, 4.69) is 11.3 Å². The van der Waals surface area contributed by atoms with Gasteiger partial charge in [-0.15, -0.1) is 0 Å². The van der Waals surface area contributed by atoms with Gasteiger partial charge in [-0.1, -0.05) is 20.4 Å². The van der Waals surface area contributed by atoms with Crippen molar-refractivity contribution in [3.8, 4) is 5.75 Å². The number of esters is 3. The number of carbonyl (C=O) groups is 3. The van der Waals surface area contributed by atoms with Crippen LogP contribution in [0.5, 0.6) is 5.75 Å². The minimum atomic E-state index is -0.557. The minimum Gasteiger partial charge on any atom is -0.463 e. The molecule has 0 fully saturated rings. The number of hydrogen-bond donors (Lipinski definition) is 0. The van der Waals surface area contributed by atoms with Crippen molar-refractivity contribution < 1.29 is 33.3 Å². The van der Waals surface area contributed by atoms with Gasteiger partial charge >= 0.3 is 17.9 Å². The molecule has 1 aromatic rings. The smallest absolute Gasteiger partial charge is 0.338 e. The molecule has 0 saturated heterocycles. The molecule has 0 heterocycles. The van der Waals surface area contributed by atoms with Gasteiger partial charge in [0.2, 0.25) is 6.79 Å². The summed E-state index contributed by atoms with van der Waals surface area (Å²) in [6, 6.07) is 6.40. The van der Waals surface area contributed by atoms with Crippen molar-refractivity contribution in [1.82, 2.24) is 0 Å². The van der Waals surface area contributed by atoms with Crippen LogP contribution in [0.3, 0.4) is 0 Å². The third-order valence-electron chi connectivity index (χ3n) is 3.51. The lowest BCUT2D eigenvalue weighted by atomic mass is 10.2. The van der Waals surface area contributed by atoms with Crippen molar-refractivity contribution in [3.05, 3.63) is 42.5 Å². The maximum absolute atomic E-state index is 11.7. The summed E-state index contributed by atoms with van der Waals surface area (Å²) in [6.45, 7) is 12.1. The van der Waals surface area contributed by atoms with E-state index in [4.69, 9.17) is 14.2 Å². The fourth-order valence-corrected chi connectivity index (χ4v) is 1.60. The first-order valence-corrected chi connectivity index (χ1v) is 9.13. The third-order valence-corrected chi connectivity index (χ3v) is 3.51. The van der Waals surface area contributed by atoms with Crippen LogP contribution in [0.25, 0.3) is 0 Å². The molecule has 0 aliphatic rings. The SMILES string of the molecule is C=CC(=O)OCOc1ccc(C(=O)OC(C)CC)cc1.CCC(C)OC(C)=O. The van der Waals surface area contributed by atoms with Crippen LogP contribution in [-0.2, 0) is 23.8 Å². The molecular weight excluding hydrogens is 364 g/mol. The summed E-state index contributed by atoms with van der Waals surface area (Å²) in [7, 11) is 0. The van der Waals surface area contributed by atoms with Gasteiger partial charge in [-0.3, -0.25) is 4.79 Å². The van der Waals surface area contributed by atoms with Crippen LogP contribution < -0.4 is 4.74 Å². The van der Waals surface area contributed by atoms with Crippen LogP contribution in [0.1, 0.15) is 57.8 Å². The zero-order valence-corrected chi connectivity index (χ0v) is 17.2. The highest BCUT2D eigenvalue weighted by Gasteiger charge is 2.10. The van der Waals surface area contributed by atoms with Crippen molar-refractivity contribution in [2.45, 2.75) is 59.7 Å². The van der Waals surface area contributed by atoms with Crippen LogP contribution in [0, 0.1) is 0 Å². The molecule has 0 bridgehead atoms. The molecule has 0 saturated carbocycles. The Morgan fingerprint density at radius 1 is 1.00 bits per heavy atom. The Morgan fingerprint density at radius 2 is 1.54 bits per heavy atom. The maximum Gasteiger partial charge on any atom is 0.338 e. The molecule has 0 aliphatic heterocycles. The van der Waals surface area contributed by atoms with Crippen molar-refractivity contribution >= 4 is 17.9 Å². The molecule has 0 spiro atoms. The molecule has 2 unspecified atom stereocenters. The van der Waals surface area contributed by atoms with Crippen LogP contribution in [-0.4, -0.2) is 36.9 Å². The zero-order valence-electron chi connectivity index (χ0n) is 17.2. The average Bonchev–Trinajstić information content (AvgIpc) is 2.68. The summed E-state index contributed by atoms with van der Waals surface area (Å²) in [5, 5.41) is 0. The molecular formula is C21H30O7. The lowest BCUT2D eigenvalue weighted by molar-refractivity contribution is -0.146. The van der Waals surface area contributed by atoms with Crippen LogP contribution in [0.4, 0.5) is 0 Å². The molecule has 1 aromatic carbocycles. The van der Waals surface area contributed by atoms with Crippen LogP contribution in [0.15, 0.2) is 36.9 Å². The lowest BCUT2D eigenvalue weighted by Gasteiger charge is -2.11. The van der Waals surface area contributed by atoms with Gasteiger partial charge in [0.15, 0.2) is 0 Å². The molecule has 0 N–H and O–H groups in total. The molecule has 7 heteroatoms. The first-order chi connectivity index (χ1) is 13.2. The summed E-state index contributed by atoms with van der Waals surface area (Å²) >= 11 is 0. The van der Waals surface area contributed by atoms with Crippen LogP contribution in [0.2, 0.25) is 0 Å².